The molecule has 3 fully saturated rings. The van der Waals surface area contributed by atoms with E-state index in [9.17, 15) is 19.5 Å². The second kappa shape index (κ2) is 14.4. The Hall–Kier alpha value is -5.12. The molecular weight excluding hydrogens is 756 g/mol. The normalized spacial score (nSPS) is 20.4. The van der Waals surface area contributed by atoms with Gasteiger partial charge in [-0.05, 0) is 112 Å². The minimum atomic E-state index is -1.17. The van der Waals surface area contributed by atoms with Crippen LogP contribution in [-0.4, -0.2) is 89.4 Å². The summed E-state index contributed by atoms with van der Waals surface area (Å²) in [7, 11) is 0. The molecule has 0 aliphatic carbocycles. The van der Waals surface area contributed by atoms with Crippen LogP contribution < -0.4 is 10.5 Å². The van der Waals surface area contributed by atoms with Crippen molar-refractivity contribution in [3.63, 3.8) is 0 Å². The van der Waals surface area contributed by atoms with Crippen LogP contribution in [0.1, 0.15) is 98.6 Å². The molecule has 0 radical (unpaired) electrons. The van der Waals surface area contributed by atoms with E-state index in [1.54, 1.807) is 10.9 Å². The van der Waals surface area contributed by atoms with Crippen LogP contribution in [0.3, 0.4) is 0 Å². The van der Waals surface area contributed by atoms with E-state index in [1.807, 2.05) is 17.0 Å². The number of carbonyl (C=O) groups is 2. The lowest BCUT2D eigenvalue weighted by Gasteiger charge is -2.34. The number of hydrogen-bond donors (Lipinski definition) is 1. The summed E-state index contributed by atoms with van der Waals surface area (Å²) >= 11 is 6.48. The number of hydrogen-bond acceptors (Lipinski definition) is 10. The lowest BCUT2D eigenvalue weighted by molar-refractivity contribution is -0.153. The number of piperidine rings is 3. The van der Waals surface area contributed by atoms with Crippen molar-refractivity contribution in [3.8, 4) is 5.69 Å². The van der Waals surface area contributed by atoms with Gasteiger partial charge in [0.1, 0.15) is 24.2 Å². The second-order valence-corrected chi connectivity index (χ2v) is 16.5. The predicted molar refractivity (Wildman–Crippen MR) is 207 cm³/mol. The Morgan fingerprint density at radius 3 is 2.39 bits per heavy atom. The number of carbonyl (C=O) groups excluding carboxylic acids is 2. The molecule has 6 heterocycles. The minimum absolute atomic E-state index is 0.0135. The van der Waals surface area contributed by atoms with Crippen LogP contribution >= 0.6 is 11.6 Å². The van der Waals surface area contributed by atoms with E-state index in [2.05, 4.69) is 56.8 Å². The van der Waals surface area contributed by atoms with Gasteiger partial charge in [0.2, 0.25) is 11.8 Å². The quantitative estimate of drug-likeness (QED) is 0.214. The van der Waals surface area contributed by atoms with Crippen molar-refractivity contribution >= 4 is 40.0 Å². The third-order valence-corrected chi connectivity index (χ3v) is 12.8. The maximum atomic E-state index is 15.4. The lowest BCUT2D eigenvalue weighted by atomic mass is 9.83. The zero-order valence-corrected chi connectivity index (χ0v) is 32.4. The van der Waals surface area contributed by atoms with Gasteiger partial charge < -0.3 is 10.0 Å². The SMILES string of the molecule is CC1(C)c2ccc(C3CCN(Cc4nnn(C5CCN(c6cc(F)c(C7CCC(=O)N(CO)C7=O)c(F)c6)CC5)n4)CC3)cc2-n2c1nc(=O)c1c(Cl)cccc12. The second-order valence-electron chi connectivity index (χ2n) is 16.1. The highest BCUT2D eigenvalue weighted by Gasteiger charge is 2.40. The van der Waals surface area contributed by atoms with Crippen LogP contribution in [0.25, 0.3) is 16.6 Å². The molecule has 5 aromatic rings. The Balaban J connectivity index is 0.817. The zero-order valence-electron chi connectivity index (χ0n) is 31.7. The van der Waals surface area contributed by atoms with E-state index in [0.29, 0.717) is 65.2 Å². The van der Waals surface area contributed by atoms with Crippen LogP contribution in [0.2, 0.25) is 5.02 Å². The van der Waals surface area contributed by atoms with E-state index in [4.69, 9.17) is 16.7 Å². The standard InChI is InChI=1S/C41H42ClF2N9O4/c1-41(2)28-8-6-24(18-33(28)52-32-5-3-4-29(42)37(32)38(56)45-40(41)52)23-10-14-49(15-11-23)21-34-46-48-53(47-34)25-12-16-50(17-13-25)26-19-30(43)36(31(44)20-26)27-7-9-35(55)51(22-54)39(27)57/h3-6,8,18-20,23,25,27,54H,7,9-17,21-22H2,1-2H3. The van der Waals surface area contributed by atoms with Crippen molar-refractivity contribution < 1.29 is 23.5 Å². The summed E-state index contributed by atoms with van der Waals surface area (Å²) < 4.78 is 32.8. The number of fused-ring (bicyclic) bond motifs is 5. The number of aromatic nitrogens is 6. The first-order valence-electron chi connectivity index (χ1n) is 19.5. The van der Waals surface area contributed by atoms with Gasteiger partial charge in [0.15, 0.2) is 5.82 Å². The molecule has 4 aliphatic rings. The third-order valence-electron chi connectivity index (χ3n) is 12.5. The molecule has 13 nitrogen and oxygen atoms in total. The topological polar surface area (TPSA) is 143 Å². The first-order chi connectivity index (χ1) is 27.4. The van der Waals surface area contributed by atoms with Crippen LogP contribution in [0.4, 0.5) is 14.5 Å². The summed E-state index contributed by atoms with van der Waals surface area (Å²) in [6, 6.07) is 14.7. The molecule has 1 atom stereocenters. The molecule has 296 valence electrons. The fraction of sp³-hybridized carbons (Fsp3) is 0.439. The number of amides is 2. The monoisotopic (exact) mass is 797 g/mol. The van der Waals surface area contributed by atoms with Crippen LogP contribution in [0.5, 0.6) is 0 Å². The van der Waals surface area contributed by atoms with E-state index < -0.39 is 41.5 Å². The van der Waals surface area contributed by atoms with Gasteiger partial charge in [-0.1, -0.05) is 29.8 Å². The summed E-state index contributed by atoms with van der Waals surface area (Å²) in [5.41, 5.74) is 3.46. The third kappa shape index (κ3) is 6.39. The van der Waals surface area contributed by atoms with E-state index >= 15 is 8.78 Å². The number of aliphatic hydroxyl groups excluding tert-OH is 1. The number of anilines is 1. The van der Waals surface area contributed by atoms with E-state index in [1.165, 1.54) is 17.7 Å². The Morgan fingerprint density at radius 1 is 0.930 bits per heavy atom. The molecule has 3 aromatic carbocycles. The summed E-state index contributed by atoms with van der Waals surface area (Å²) in [5.74, 6) is -2.47. The van der Waals surface area contributed by atoms with Crippen molar-refractivity contribution in [2.75, 3.05) is 37.8 Å². The number of rotatable bonds is 7. The average molecular weight is 798 g/mol. The Kier molecular flexibility index (Phi) is 9.44. The fourth-order valence-electron chi connectivity index (χ4n) is 9.32. The maximum Gasteiger partial charge on any atom is 0.282 e. The van der Waals surface area contributed by atoms with Crippen LogP contribution in [-0.2, 0) is 21.5 Å². The van der Waals surface area contributed by atoms with Gasteiger partial charge in [0.25, 0.3) is 5.56 Å². The number of benzene rings is 3. The zero-order chi connectivity index (χ0) is 39.7. The Bertz CT molecular complexity index is 2470. The molecule has 3 saturated heterocycles. The summed E-state index contributed by atoms with van der Waals surface area (Å²) in [5, 5.41) is 23.7. The number of likely N-dealkylation sites (tertiary alicyclic amines) is 2. The highest BCUT2D eigenvalue weighted by atomic mass is 35.5. The first kappa shape index (κ1) is 37.5. The van der Waals surface area contributed by atoms with Gasteiger partial charge >= 0.3 is 0 Å². The maximum absolute atomic E-state index is 15.4. The number of imide groups is 1. The van der Waals surface area contributed by atoms with Crippen molar-refractivity contribution in [2.24, 2.45) is 0 Å². The fourth-order valence-corrected chi connectivity index (χ4v) is 9.57. The first-order valence-corrected chi connectivity index (χ1v) is 19.9. The molecule has 57 heavy (non-hydrogen) atoms. The Labute approximate surface area is 331 Å². The highest BCUT2D eigenvalue weighted by molar-refractivity contribution is 6.35. The molecule has 0 saturated carbocycles. The number of halogens is 3. The molecule has 1 unspecified atom stereocenters. The highest BCUT2D eigenvalue weighted by Crippen LogP contribution is 2.45. The van der Waals surface area contributed by atoms with Gasteiger partial charge in [0.05, 0.1) is 45.5 Å². The van der Waals surface area contributed by atoms with Crippen molar-refractivity contribution in [2.45, 2.75) is 82.2 Å². The molecule has 9 rings (SSSR count). The summed E-state index contributed by atoms with van der Waals surface area (Å²) in [6.45, 7) is 6.77. The molecule has 4 aliphatic heterocycles. The molecule has 1 N–H and O–H groups in total. The van der Waals surface area contributed by atoms with Crippen molar-refractivity contribution in [1.82, 2.24) is 39.6 Å². The van der Waals surface area contributed by atoms with Gasteiger partial charge in [-0.2, -0.15) is 9.78 Å². The summed E-state index contributed by atoms with van der Waals surface area (Å²) in [4.78, 5) is 48.8. The number of tetrazole rings is 1. The minimum Gasteiger partial charge on any atom is -0.376 e. The van der Waals surface area contributed by atoms with Gasteiger partial charge in [0, 0.05) is 30.8 Å². The lowest BCUT2D eigenvalue weighted by Crippen LogP contribution is -2.45. The van der Waals surface area contributed by atoms with Gasteiger partial charge in [-0.15, -0.1) is 10.2 Å². The number of nitrogens with zero attached hydrogens (tertiary/aromatic N) is 9. The molecule has 2 amide bonds. The molecule has 2 aromatic heterocycles. The predicted octanol–water partition coefficient (Wildman–Crippen LogP) is 5.35. The number of aliphatic hydroxyl groups is 1. The average Bonchev–Trinajstić information content (AvgIpc) is 3.75. The van der Waals surface area contributed by atoms with Crippen LogP contribution in [0.15, 0.2) is 53.3 Å². The Morgan fingerprint density at radius 2 is 1.67 bits per heavy atom. The van der Waals surface area contributed by atoms with E-state index in [-0.39, 0.29) is 30.0 Å². The smallest absolute Gasteiger partial charge is 0.282 e. The van der Waals surface area contributed by atoms with Crippen molar-refractivity contribution in [1.29, 1.82) is 0 Å². The molecule has 16 heteroatoms. The molecule has 0 spiro atoms. The summed E-state index contributed by atoms with van der Waals surface area (Å²) in [6.07, 6.45) is 3.15. The van der Waals surface area contributed by atoms with Crippen LogP contribution in [0, 0.1) is 11.6 Å². The van der Waals surface area contributed by atoms with Gasteiger partial charge in [-0.3, -0.25) is 28.8 Å². The molecule has 0 bridgehead atoms. The largest absolute Gasteiger partial charge is 0.376 e. The van der Waals surface area contributed by atoms with Crippen molar-refractivity contribution in [3.05, 3.63) is 104 Å². The molecular formula is C41H42ClF2N9O4. The van der Waals surface area contributed by atoms with E-state index in [0.717, 1.165) is 48.5 Å². The van der Waals surface area contributed by atoms with Gasteiger partial charge in [-0.25, -0.2) is 8.78 Å².